The number of benzene rings is 2. The molecule has 0 saturated heterocycles. The molecule has 86 valence electrons. The summed E-state index contributed by atoms with van der Waals surface area (Å²) < 4.78 is 5.05. The smallest absolute Gasteiger partial charge is 0.143 e. The van der Waals surface area contributed by atoms with E-state index in [1.54, 1.807) is 7.11 Å². The lowest BCUT2D eigenvalue weighted by atomic mass is 10.0. The molecule has 17 heavy (non-hydrogen) atoms. The Morgan fingerprint density at radius 2 is 1.94 bits per heavy atom. The Labute approximate surface area is 101 Å². The number of fused-ring (bicyclic) bond motifs is 1. The lowest BCUT2D eigenvalue weighted by molar-refractivity contribution is 0.139. The van der Waals surface area contributed by atoms with E-state index in [9.17, 15) is 0 Å². The molecule has 2 aromatic carbocycles. The second-order valence-corrected chi connectivity index (χ2v) is 4.07. The highest BCUT2D eigenvalue weighted by Crippen LogP contribution is 2.17. The van der Waals surface area contributed by atoms with Gasteiger partial charge in [-0.05, 0) is 29.2 Å². The lowest BCUT2D eigenvalue weighted by Gasteiger charge is -2.07. The Bertz CT molecular complexity index is 542. The van der Waals surface area contributed by atoms with Crippen LogP contribution in [0.4, 0.5) is 0 Å². The largest absolute Gasteiger partial charge is 0.367 e. The summed E-state index contributed by atoms with van der Waals surface area (Å²) in [6, 6.07) is 16.9. The van der Waals surface area contributed by atoms with Gasteiger partial charge < -0.3 is 4.74 Å². The summed E-state index contributed by atoms with van der Waals surface area (Å²) in [4.78, 5) is 0. The van der Waals surface area contributed by atoms with Gasteiger partial charge >= 0.3 is 0 Å². The maximum atomic E-state index is 8.80. The highest BCUT2D eigenvalue weighted by Gasteiger charge is 2.05. The van der Waals surface area contributed by atoms with Crippen molar-refractivity contribution in [3.05, 3.63) is 48.0 Å². The van der Waals surface area contributed by atoms with Crippen LogP contribution in [0.15, 0.2) is 42.5 Å². The van der Waals surface area contributed by atoms with E-state index >= 15 is 0 Å². The van der Waals surface area contributed by atoms with Crippen LogP contribution in [0.2, 0.25) is 0 Å². The van der Waals surface area contributed by atoms with Crippen LogP contribution in [-0.4, -0.2) is 13.2 Å². The molecule has 0 fully saturated rings. The van der Waals surface area contributed by atoms with Gasteiger partial charge in [0.05, 0.1) is 6.07 Å². The van der Waals surface area contributed by atoms with Gasteiger partial charge in [0.25, 0.3) is 0 Å². The van der Waals surface area contributed by atoms with Gasteiger partial charge in [-0.3, -0.25) is 0 Å². The first kappa shape index (κ1) is 11.6. The Morgan fingerprint density at radius 3 is 2.65 bits per heavy atom. The van der Waals surface area contributed by atoms with Crippen molar-refractivity contribution in [3.8, 4) is 6.07 Å². The topological polar surface area (TPSA) is 33.0 Å². The van der Waals surface area contributed by atoms with E-state index in [0.29, 0.717) is 0 Å². The van der Waals surface area contributed by atoms with Crippen molar-refractivity contribution in [3.63, 3.8) is 0 Å². The van der Waals surface area contributed by atoms with Gasteiger partial charge in [0.1, 0.15) is 6.10 Å². The molecule has 2 rings (SSSR count). The molecule has 1 atom stereocenters. The van der Waals surface area contributed by atoms with Crippen LogP contribution in [0.5, 0.6) is 0 Å². The summed E-state index contributed by atoms with van der Waals surface area (Å²) in [5.74, 6) is 0. The summed E-state index contributed by atoms with van der Waals surface area (Å²) in [6.45, 7) is 0. The minimum Gasteiger partial charge on any atom is -0.367 e. The maximum Gasteiger partial charge on any atom is 0.143 e. The molecule has 0 aromatic heterocycles. The van der Waals surface area contributed by atoms with Crippen molar-refractivity contribution in [1.82, 2.24) is 0 Å². The Kier molecular flexibility index (Phi) is 3.74. The van der Waals surface area contributed by atoms with Crippen molar-refractivity contribution < 1.29 is 4.74 Å². The number of nitrogens with zero attached hydrogens (tertiary/aromatic N) is 1. The molecular weight excluding hydrogens is 210 g/mol. The monoisotopic (exact) mass is 225 g/mol. The van der Waals surface area contributed by atoms with Crippen molar-refractivity contribution in [2.45, 2.75) is 18.9 Å². The van der Waals surface area contributed by atoms with Gasteiger partial charge in [-0.2, -0.15) is 5.26 Å². The fourth-order valence-corrected chi connectivity index (χ4v) is 1.93. The molecular formula is C15H15NO. The highest BCUT2D eigenvalue weighted by atomic mass is 16.5. The van der Waals surface area contributed by atoms with Crippen LogP contribution in [0.3, 0.4) is 0 Å². The van der Waals surface area contributed by atoms with Gasteiger partial charge in [0, 0.05) is 7.11 Å². The molecule has 0 N–H and O–H groups in total. The van der Waals surface area contributed by atoms with Crippen molar-refractivity contribution >= 4 is 10.8 Å². The molecule has 0 amide bonds. The zero-order valence-electron chi connectivity index (χ0n) is 9.89. The van der Waals surface area contributed by atoms with E-state index in [2.05, 4.69) is 36.4 Å². The number of nitriles is 1. The summed E-state index contributed by atoms with van der Waals surface area (Å²) in [7, 11) is 1.58. The van der Waals surface area contributed by atoms with E-state index < -0.39 is 0 Å². The minimum absolute atomic E-state index is 0.304. The summed E-state index contributed by atoms with van der Waals surface area (Å²) in [5, 5.41) is 11.3. The van der Waals surface area contributed by atoms with Crippen molar-refractivity contribution in [2.24, 2.45) is 0 Å². The highest BCUT2D eigenvalue weighted by molar-refractivity contribution is 5.82. The fourth-order valence-electron chi connectivity index (χ4n) is 1.93. The number of methoxy groups -OCH3 is 1. The molecule has 2 heteroatoms. The van der Waals surface area contributed by atoms with Crippen LogP contribution in [0.25, 0.3) is 10.8 Å². The normalized spacial score (nSPS) is 12.2. The molecule has 0 bridgehead atoms. The van der Waals surface area contributed by atoms with Crippen molar-refractivity contribution in [1.29, 1.82) is 5.26 Å². The summed E-state index contributed by atoms with van der Waals surface area (Å²) >= 11 is 0. The molecule has 0 aliphatic rings. The van der Waals surface area contributed by atoms with Gasteiger partial charge in [-0.15, -0.1) is 0 Å². The van der Waals surface area contributed by atoms with E-state index in [1.807, 2.05) is 12.1 Å². The van der Waals surface area contributed by atoms with Gasteiger partial charge in [-0.1, -0.05) is 42.5 Å². The summed E-state index contributed by atoms with van der Waals surface area (Å²) in [5.41, 5.74) is 1.25. The van der Waals surface area contributed by atoms with Crippen LogP contribution in [-0.2, 0) is 11.2 Å². The molecule has 0 saturated carbocycles. The van der Waals surface area contributed by atoms with Crippen LogP contribution in [0.1, 0.15) is 12.0 Å². The van der Waals surface area contributed by atoms with Gasteiger partial charge in [-0.25, -0.2) is 0 Å². The first-order chi connectivity index (χ1) is 8.33. The van der Waals surface area contributed by atoms with E-state index in [4.69, 9.17) is 10.00 Å². The molecule has 0 spiro atoms. The predicted octanol–water partition coefficient (Wildman–Crippen LogP) is 3.31. The molecule has 0 aliphatic heterocycles. The molecule has 0 aliphatic carbocycles. The van der Waals surface area contributed by atoms with E-state index in [-0.39, 0.29) is 6.10 Å². The van der Waals surface area contributed by atoms with E-state index in [0.717, 1.165) is 12.8 Å². The predicted molar refractivity (Wildman–Crippen MR) is 68.7 cm³/mol. The molecule has 2 nitrogen and oxygen atoms in total. The second kappa shape index (κ2) is 5.47. The third kappa shape index (κ3) is 2.83. The molecule has 0 radical (unpaired) electrons. The van der Waals surface area contributed by atoms with Crippen molar-refractivity contribution in [2.75, 3.05) is 7.11 Å². The number of aryl methyl sites for hydroxylation is 1. The Balaban J connectivity index is 2.12. The number of rotatable bonds is 4. The maximum absolute atomic E-state index is 8.80. The number of hydrogen-bond donors (Lipinski definition) is 0. The van der Waals surface area contributed by atoms with Crippen LogP contribution < -0.4 is 0 Å². The van der Waals surface area contributed by atoms with Gasteiger partial charge in [0.2, 0.25) is 0 Å². The Hall–Kier alpha value is -1.85. The minimum atomic E-state index is -0.304. The first-order valence-corrected chi connectivity index (χ1v) is 5.73. The van der Waals surface area contributed by atoms with Crippen LogP contribution in [0, 0.1) is 11.3 Å². The second-order valence-electron chi connectivity index (χ2n) is 4.07. The molecule has 2 aromatic rings. The third-order valence-electron chi connectivity index (χ3n) is 2.94. The average molecular weight is 225 g/mol. The Morgan fingerprint density at radius 1 is 1.18 bits per heavy atom. The van der Waals surface area contributed by atoms with Gasteiger partial charge in [0.15, 0.2) is 0 Å². The fraction of sp³-hybridized carbons (Fsp3) is 0.267. The van der Waals surface area contributed by atoms with Crippen LogP contribution >= 0.6 is 0 Å². The number of hydrogen-bond acceptors (Lipinski definition) is 2. The van der Waals surface area contributed by atoms with E-state index in [1.165, 1.54) is 16.3 Å². The zero-order chi connectivity index (χ0) is 12.1. The zero-order valence-corrected chi connectivity index (χ0v) is 9.89. The summed E-state index contributed by atoms with van der Waals surface area (Å²) in [6.07, 6.45) is 1.31. The quantitative estimate of drug-likeness (QED) is 0.799. The molecule has 1 unspecified atom stereocenters. The standard InChI is InChI=1S/C15H15NO/c1-17-15(11-16)9-7-12-6-8-13-4-2-3-5-14(13)10-12/h2-6,8,10,15H,7,9H2,1H3. The average Bonchev–Trinajstić information content (AvgIpc) is 2.40. The SMILES string of the molecule is COC(C#N)CCc1ccc2ccccc2c1. The first-order valence-electron chi connectivity index (χ1n) is 5.73. The lowest BCUT2D eigenvalue weighted by Crippen LogP contribution is -2.08. The third-order valence-corrected chi connectivity index (χ3v) is 2.94. The molecule has 0 heterocycles. The number of ether oxygens (including phenoxy) is 1.